The zero-order chi connectivity index (χ0) is 17.6. The van der Waals surface area contributed by atoms with E-state index in [1.165, 1.54) is 22.8 Å². The lowest BCUT2D eigenvalue weighted by molar-refractivity contribution is 0.0530. The first-order valence-corrected chi connectivity index (χ1v) is 8.96. The fraction of sp³-hybridized carbons (Fsp3) is 0.125. The standard InChI is InChI=1S/C16H12Cl2N4O2S/c17-11-5-6-13(18)15(9-11)25-8-7-24-16(23)12-3-1-2-4-14(12)22-10-19-20-21-22/h1-6,9-10H,7-8H2. The van der Waals surface area contributed by atoms with Crippen molar-refractivity contribution in [3.8, 4) is 5.69 Å². The van der Waals surface area contributed by atoms with Crippen LogP contribution >= 0.6 is 35.0 Å². The quantitative estimate of drug-likeness (QED) is 0.358. The second-order valence-electron chi connectivity index (χ2n) is 4.83. The molecule has 3 aromatic rings. The van der Waals surface area contributed by atoms with E-state index in [-0.39, 0.29) is 6.61 Å². The topological polar surface area (TPSA) is 69.9 Å². The van der Waals surface area contributed by atoms with Gasteiger partial charge < -0.3 is 4.74 Å². The number of benzene rings is 2. The molecule has 0 fully saturated rings. The zero-order valence-electron chi connectivity index (χ0n) is 12.8. The highest BCUT2D eigenvalue weighted by molar-refractivity contribution is 7.99. The molecule has 0 saturated heterocycles. The van der Waals surface area contributed by atoms with Gasteiger partial charge in [-0.25, -0.2) is 4.79 Å². The van der Waals surface area contributed by atoms with Gasteiger partial charge in [-0.1, -0.05) is 35.3 Å². The van der Waals surface area contributed by atoms with Crippen LogP contribution in [0.15, 0.2) is 53.7 Å². The van der Waals surface area contributed by atoms with Crippen molar-refractivity contribution in [2.24, 2.45) is 0 Å². The van der Waals surface area contributed by atoms with Gasteiger partial charge in [0.2, 0.25) is 0 Å². The molecule has 0 unspecified atom stereocenters. The summed E-state index contributed by atoms with van der Waals surface area (Å²) in [6, 6.07) is 12.2. The van der Waals surface area contributed by atoms with Gasteiger partial charge in [-0.2, -0.15) is 4.68 Å². The summed E-state index contributed by atoms with van der Waals surface area (Å²) in [4.78, 5) is 13.2. The first-order valence-electron chi connectivity index (χ1n) is 7.22. The maximum atomic E-state index is 12.3. The summed E-state index contributed by atoms with van der Waals surface area (Å²) >= 11 is 13.5. The predicted molar refractivity (Wildman–Crippen MR) is 96.6 cm³/mol. The number of thioether (sulfide) groups is 1. The molecule has 0 spiro atoms. The van der Waals surface area contributed by atoms with Gasteiger partial charge in [0.05, 0.1) is 16.3 Å². The zero-order valence-corrected chi connectivity index (χ0v) is 15.1. The van der Waals surface area contributed by atoms with Gasteiger partial charge in [0.1, 0.15) is 12.9 Å². The summed E-state index contributed by atoms with van der Waals surface area (Å²) in [7, 11) is 0. The predicted octanol–water partition coefficient (Wildman–Crippen LogP) is 3.92. The molecule has 128 valence electrons. The van der Waals surface area contributed by atoms with E-state index in [2.05, 4.69) is 15.5 Å². The number of hydrogen-bond acceptors (Lipinski definition) is 6. The minimum Gasteiger partial charge on any atom is -0.461 e. The van der Waals surface area contributed by atoms with Gasteiger partial charge in [0.25, 0.3) is 0 Å². The molecule has 0 saturated carbocycles. The minimum absolute atomic E-state index is 0.232. The van der Waals surface area contributed by atoms with Crippen LogP contribution < -0.4 is 0 Å². The normalized spacial score (nSPS) is 10.6. The Morgan fingerprint density at radius 3 is 2.84 bits per heavy atom. The van der Waals surface area contributed by atoms with Crippen molar-refractivity contribution in [2.75, 3.05) is 12.4 Å². The molecule has 0 radical (unpaired) electrons. The summed E-state index contributed by atoms with van der Waals surface area (Å²) in [6.07, 6.45) is 1.42. The third-order valence-electron chi connectivity index (χ3n) is 3.19. The molecule has 1 heterocycles. The van der Waals surface area contributed by atoms with Crippen LogP contribution in [-0.4, -0.2) is 38.5 Å². The monoisotopic (exact) mass is 394 g/mol. The molecule has 0 bridgehead atoms. The Labute approximate surface area is 158 Å². The number of tetrazole rings is 1. The van der Waals surface area contributed by atoms with Crippen molar-refractivity contribution in [3.05, 3.63) is 64.4 Å². The average molecular weight is 395 g/mol. The highest BCUT2D eigenvalue weighted by Gasteiger charge is 2.14. The lowest BCUT2D eigenvalue weighted by Crippen LogP contribution is -2.12. The molecule has 0 aliphatic rings. The molecule has 0 atom stereocenters. The van der Waals surface area contributed by atoms with Crippen LogP contribution in [0.5, 0.6) is 0 Å². The summed E-state index contributed by atoms with van der Waals surface area (Å²) in [5, 5.41) is 12.2. The molecule has 2 aromatic carbocycles. The maximum Gasteiger partial charge on any atom is 0.340 e. The van der Waals surface area contributed by atoms with Gasteiger partial charge in [0, 0.05) is 15.7 Å². The third kappa shape index (κ3) is 4.50. The second kappa shape index (κ2) is 8.33. The molecular formula is C16H12Cl2N4O2S. The van der Waals surface area contributed by atoms with Gasteiger partial charge in [-0.3, -0.25) is 0 Å². The summed E-state index contributed by atoms with van der Waals surface area (Å²) in [6.45, 7) is 0.232. The Balaban J connectivity index is 1.59. The third-order valence-corrected chi connectivity index (χ3v) is 4.88. The van der Waals surface area contributed by atoms with Crippen molar-refractivity contribution in [2.45, 2.75) is 4.90 Å². The average Bonchev–Trinajstić information content (AvgIpc) is 3.16. The number of carbonyl (C=O) groups is 1. The molecule has 0 aliphatic heterocycles. The Kier molecular flexibility index (Phi) is 5.91. The Morgan fingerprint density at radius 1 is 1.20 bits per heavy atom. The molecule has 0 aliphatic carbocycles. The van der Waals surface area contributed by atoms with Crippen LogP contribution in [0.25, 0.3) is 5.69 Å². The van der Waals surface area contributed by atoms with Crippen LogP contribution in [0, 0.1) is 0 Å². The first-order chi connectivity index (χ1) is 12.1. The smallest absolute Gasteiger partial charge is 0.340 e. The van der Waals surface area contributed by atoms with Crippen molar-refractivity contribution >= 4 is 40.9 Å². The molecule has 0 amide bonds. The van der Waals surface area contributed by atoms with Crippen LogP contribution in [0.3, 0.4) is 0 Å². The first kappa shape index (κ1) is 17.7. The maximum absolute atomic E-state index is 12.3. The molecule has 6 nitrogen and oxygen atoms in total. The van der Waals surface area contributed by atoms with Crippen molar-refractivity contribution in [3.63, 3.8) is 0 Å². The van der Waals surface area contributed by atoms with E-state index in [4.69, 9.17) is 27.9 Å². The number of esters is 1. The largest absolute Gasteiger partial charge is 0.461 e. The van der Waals surface area contributed by atoms with Crippen LogP contribution in [0.2, 0.25) is 10.0 Å². The number of ether oxygens (including phenoxy) is 1. The van der Waals surface area contributed by atoms with Crippen molar-refractivity contribution in [1.82, 2.24) is 20.2 Å². The minimum atomic E-state index is -0.441. The van der Waals surface area contributed by atoms with Gasteiger partial charge >= 0.3 is 5.97 Å². The van der Waals surface area contributed by atoms with Gasteiger partial charge in [0.15, 0.2) is 0 Å². The number of carbonyl (C=O) groups excluding carboxylic acids is 1. The molecular weight excluding hydrogens is 383 g/mol. The Bertz CT molecular complexity index is 874. The SMILES string of the molecule is O=C(OCCSc1cc(Cl)ccc1Cl)c1ccccc1-n1cnnn1. The number of para-hydroxylation sites is 1. The van der Waals surface area contributed by atoms with E-state index >= 15 is 0 Å². The number of aromatic nitrogens is 4. The highest BCUT2D eigenvalue weighted by atomic mass is 35.5. The van der Waals surface area contributed by atoms with E-state index in [0.717, 1.165) is 4.90 Å². The van der Waals surface area contributed by atoms with Crippen LogP contribution in [0.1, 0.15) is 10.4 Å². The van der Waals surface area contributed by atoms with Crippen LogP contribution in [-0.2, 0) is 4.74 Å². The molecule has 3 rings (SSSR count). The Morgan fingerprint density at radius 2 is 2.04 bits per heavy atom. The van der Waals surface area contributed by atoms with E-state index in [1.54, 1.807) is 42.5 Å². The fourth-order valence-electron chi connectivity index (χ4n) is 2.07. The van der Waals surface area contributed by atoms with Crippen LogP contribution in [0.4, 0.5) is 0 Å². The number of nitrogens with zero attached hydrogens (tertiary/aromatic N) is 4. The van der Waals surface area contributed by atoms with E-state index in [9.17, 15) is 4.79 Å². The van der Waals surface area contributed by atoms with Gasteiger partial charge in [-0.15, -0.1) is 16.9 Å². The lowest BCUT2D eigenvalue weighted by Gasteiger charge is -2.09. The fourth-order valence-corrected chi connectivity index (χ4v) is 3.39. The molecule has 25 heavy (non-hydrogen) atoms. The molecule has 1 aromatic heterocycles. The second-order valence-corrected chi connectivity index (χ2v) is 6.81. The molecule has 0 N–H and O–H groups in total. The lowest BCUT2D eigenvalue weighted by atomic mass is 10.2. The van der Waals surface area contributed by atoms with E-state index in [0.29, 0.717) is 27.0 Å². The van der Waals surface area contributed by atoms with E-state index < -0.39 is 5.97 Å². The Hall–Kier alpha value is -2.09. The highest BCUT2D eigenvalue weighted by Crippen LogP contribution is 2.29. The van der Waals surface area contributed by atoms with E-state index in [1.807, 2.05) is 0 Å². The van der Waals surface area contributed by atoms with Gasteiger partial charge in [-0.05, 0) is 40.8 Å². The van der Waals surface area contributed by atoms with Crippen molar-refractivity contribution in [1.29, 1.82) is 0 Å². The summed E-state index contributed by atoms with van der Waals surface area (Å²) < 4.78 is 6.75. The summed E-state index contributed by atoms with van der Waals surface area (Å²) in [5.74, 6) is 0.114. The van der Waals surface area contributed by atoms with Crippen molar-refractivity contribution < 1.29 is 9.53 Å². The number of hydrogen-bond donors (Lipinski definition) is 0. The molecule has 9 heteroatoms. The number of rotatable bonds is 6. The number of halogens is 2. The summed E-state index contributed by atoms with van der Waals surface area (Å²) in [5.41, 5.74) is 0.948.